The number of carbonyl (C=O) groups is 1. The Morgan fingerprint density at radius 2 is 2.00 bits per heavy atom. The Kier molecular flexibility index (Phi) is 10.3. The molecule has 1 heterocycles. The fourth-order valence-electron chi connectivity index (χ4n) is 2.63. The minimum atomic E-state index is -0.0562. The zero-order chi connectivity index (χ0) is 14.5. The first kappa shape index (κ1) is 17.2. The number of nitrogens with one attached hydrogen (secondary N) is 1. The van der Waals surface area contributed by atoms with Crippen LogP contribution in [0.4, 0.5) is 0 Å². The molecule has 0 aromatic rings. The van der Waals surface area contributed by atoms with Gasteiger partial charge in [0.15, 0.2) is 0 Å². The summed E-state index contributed by atoms with van der Waals surface area (Å²) in [5.74, 6) is -0.0562. The van der Waals surface area contributed by atoms with Crippen LogP contribution in [-0.2, 0) is 9.53 Å². The van der Waals surface area contributed by atoms with Gasteiger partial charge in [-0.2, -0.15) is 0 Å². The van der Waals surface area contributed by atoms with E-state index >= 15 is 0 Å². The quantitative estimate of drug-likeness (QED) is 0.614. The molecule has 0 aromatic heterocycles. The van der Waals surface area contributed by atoms with Gasteiger partial charge in [0, 0.05) is 19.0 Å². The summed E-state index contributed by atoms with van der Waals surface area (Å²) in [5, 5.41) is 3.53. The van der Waals surface area contributed by atoms with Crippen molar-refractivity contribution in [2.45, 2.75) is 77.2 Å². The van der Waals surface area contributed by atoms with Crippen LogP contribution in [0.1, 0.15) is 71.1 Å². The van der Waals surface area contributed by atoms with Crippen LogP contribution in [0.25, 0.3) is 0 Å². The van der Waals surface area contributed by atoms with Crippen LogP contribution < -0.4 is 5.32 Å². The number of rotatable bonds is 2. The first-order valence-corrected chi connectivity index (χ1v) is 8.37. The van der Waals surface area contributed by atoms with Crippen molar-refractivity contribution in [3.8, 4) is 0 Å². The highest BCUT2D eigenvalue weighted by Crippen LogP contribution is 2.10. The first-order chi connectivity index (χ1) is 9.83. The molecule has 3 nitrogen and oxygen atoms in total. The molecular formula is C17H31NO2. The molecule has 1 aliphatic heterocycles. The Morgan fingerprint density at radius 3 is 2.80 bits per heavy atom. The van der Waals surface area contributed by atoms with E-state index in [0.717, 1.165) is 19.4 Å². The topological polar surface area (TPSA) is 38.3 Å². The van der Waals surface area contributed by atoms with Gasteiger partial charge < -0.3 is 10.1 Å². The molecule has 1 rings (SSSR count). The Bertz CT molecular complexity index is 276. The van der Waals surface area contributed by atoms with Crippen LogP contribution >= 0.6 is 0 Å². The van der Waals surface area contributed by atoms with E-state index in [-0.39, 0.29) is 5.97 Å². The van der Waals surface area contributed by atoms with Gasteiger partial charge in [-0.25, -0.2) is 0 Å². The molecule has 0 saturated heterocycles. The van der Waals surface area contributed by atoms with E-state index < -0.39 is 0 Å². The SMILES string of the molecule is CCCC1CCCCC/C=C\CCCC(=O)OCCN1. The summed E-state index contributed by atoms with van der Waals surface area (Å²) in [6, 6.07) is 0.585. The van der Waals surface area contributed by atoms with E-state index in [1.165, 1.54) is 44.9 Å². The molecule has 0 bridgehead atoms. The van der Waals surface area contributed by atoms with Gasteiger partial charge >= 0.3 is 5.97 Å². The maximum Gasteiger partial charge on any atom is 0.305 e. The van der Waals surface area contributed by atoms with E-state index in [1.807, 2.05) is 0 Å². The normalized spacial score (nSPS) is 25.9. The number of hydrogen-bond acceptors (Lipinski definition) is 3. The first-order valence-electron chi connectivity index (χ1n) is 8.37. The summed E-state index contributed by atoms with van der Waals surface area (Å²) in [6.45, 7) is 3.52. The number of esters is 1. The maximum atomic E-state index is 11.5. The molecule has 116 valence electrons. The van der Waals surface area contributed by atoms with Gasteiger partial charge in [-0.15, -0.1) is 0 Å². The molecule has 20 heavy (non-hydrogen) atoms. The minimum absolute atomic E-state index is 0.0562. The van der Waals surface area contributed by atoms with Crippen LogP contribution in [0, 0.1) is 0 Å². The molecule has 0 saturated carbocycles. The van der Waals surface area contributed by atoms with Gasteiger partial charge in [-0.3, -0.25) is 4.79 Å². The molecule has 0 spiro atoms. The largest absolute Gasteiger partial charge is 0.464 e. The van der Waals surface area contributed by atoms with Crippen molar-refractivity contribution in [2.24, 2.45) is 0 Å². The van der Waals surface area contributed by atoms with Crippen molar-refractivity contribution >= 4 is 5.97 Å². The zero-order valence-corrected chi connectivity index (χ0v) is 13.0. The summed E-state index contributed by atoms with van der Waals surface area (Å²) >= 11 is 0. The van der Waals surface area contributed by atoms with E-state index in [0.29, 0.717) is 19.1 Å². The third kappa shape index (κ3) is 9.13. The number of ether oxygens (including phenoxy) is 1. The molecular weight excluding hydrogens is 250 g/mol. The molecule has 1 atom stereocenters. The summed E-state index contributed by atoms with van der Waals surface area (Å²) in [7, 11) is 0. The van der Waals surface area contributed by atoms with E-state index in [1.54, 1.807) is 0 Å². The van der Waals surface area contributed by atoms with Gasteiger partial charge in [0.25, 0.3) is 0 Å². The Labute approximate surface area is 124 Å². The van der Waals surface area contributed by atoms with Gasteiger partial charge in [0.1, 0.15) is 6.61 Å². The monoisotopic (exact) mass is 281 g/mol. The minimum Gasteiger partial charge on any atom is -0.464 e. The van der Waals surface area contributed by atoms with E-state index in [4.69, 9.17) is 4.74 Å². The highest BCUT2D eigenvalue weighted by Gasteiger charge is 2.07. The molecule has 1 aliphatic rings. The second-order valence-electron chi connectivity index (χ2n) is 5.66. The van der Waals surface area contributed by atoms with Crippen molar-refractivity contribution in [2.75, 3.05) is 13.2 Å². The number of allylic oxidation sites excluding steroid dienone is 2. The fourth-order valence-corrected chi connectivity index (χ4v) is 2.63. The summed E-state index contributed by atoms with van der Waals surface area (Å²) in [4.78, 5) is 11.5. The molecule has 0 fully saturated rings. The molecule has 1 N–H and O–H groups in total. The number of carbonyl (C=O) groups excluding carboxylic acids is 1. The van der Waals surface area contributed by atoms with Crippen LogP contribution in [0.5, 0.6) is 0 Å². The van der Waals surface area contributed by atoms with Crippen LogP contribution in [0.3, 0.4) is 0 Å². The Hall–Kier alpha value is -0.830. The molecule has 0 amide bonds. The van der Waals surface area contributed by atoms with Crippen LogP contribution in [-0.4, -0.2) is 25.2 Å². The Morgan fingerprint density at radius 1 is 1.20 bits per heavy atom. The van der Waals surface area contributed by atoms with Crippen LogP contribution in [0.2, 0.25) is 0 Å². The van der Waals surface area contributed by atoms with Gasteiger partial charge in [0.2, 0.25) is 0 Å². The second-order valence-corrected chi connectivity index (χ2v) is 5.66. The summed E-state index contributed by atoms with van der Waals surface area (Å²) in [6.07, 6.45) is 15.7. The maximum absolute atomic E-state index is 11.5. The van der Waals surface area contributed by atoms with Crippen molar-refractivity contribution in [1.29, 1.82) is 0 Å². The number of cyclic esters (lactones) is 1. The fraction of sp³-hybridized carbons (Fsp3) is 0.824. The molecule has 0 aromatic carbocycles. The highest BCUT2D eigenvalue weighted by molar-refractivity contribution is 5.69. The highest BCUT2D eigenvalue weighted by atomic mass is 16.5. The van der Waals surface area contributed by atoms with Crippen molar-refractivity contribution < 1.29 is 9.53 Å². The smallest absolute Gasteiger partial charge is 0.305 e. The molecule has 0 aliphatic carbocycles. The average Bonchev–Trinajstić information content (AvgIpc) is 2.44. The van der Waals surface area contributed by atoms with E-state index in [9.17, 15) is 4.79 Å². The molecule has 3 heteroatoms. The lowest BCUT2D eigenvalue weighted by molar-refractivity contribution is -0.143. The van der Waals surface area contributed by atoms with E-state index in [2.05, 4.69) is 24.4 Å². The third-order valence-corrected chi connectivity index (χ3v) is 3.78. The lowest BCUT2D eigenvalue weighted by atomic mass is 10.0. The third-order valence-electron chi connectivity index (χ3n) is 3.78. The number of hydrogen-bond donors (Lipinski definition) is 1. The van der Waals surface area contributed by atoms with Gasteiger partial charge in [-0.1, -0.05) is 38.3 Å². The van der Waals surface area contributed by atoms with Crippen LogP contribution in [0.15, 0.2) is 12.2 Å². The van der Waals surface area contributed by atoms with Gasteiger partial charge in [0.05, 0.1) is 0 Å². The molecule has 0 radical (unpaired) electrons. The summed E-state index contributed by atoms with van der Waals surface area (Å²) in [5.41, 5.74) is 0. The molecule has 1 unspecified atom stereocenters. The Balaban J connectivity index is 2.34. The van der Waals surface area contributed by atoms with Crippen molar-refractivity contribution in [3.63, 3.8) is 0 Å². The lowest BCUT2D eigenvalue weighted by Crippen LogP contribution is -2.32. The van der Waals surface area contributed by atoms with Gasteiger partial charge in [-0.05, 0) is 38.5 Å². The lowest BCUT2D eigenvalue weighted by Gasteiger charge is -2.18. The van der Waals surface area contributed by atoms with Crippen molar-refractivity contribution in [1.82, 2.24) is 5.32 Å². The second kappa shape index (κ2) is 12.0. The predicted molar refractivity (Wildman–Crippen MR) is 83.7 cm³/mol. The predicted octanol–water partition coefficient (Wildman–Crippen LogP) is 3.98. The summed E-state index contributed by atoms with van der Waals surface area (Å²) < 4.78 is 5.24. The zero-order valence-electron chi connectivity index (χ0n) is 13.0. The average molecular weight is 281 g/mol. The standard InChI is InChI=1S/C17H31NO2/c1-2-11-16-12-9-7-5-3-4-6-8-10-13-17(19)20-15-14-18-16/h4,6,16,18H,2-3,5,7-15H2,1H3/b6-4-. The van der Waals surface area contributed by atoms with Crippen molar-refractivity contribution in [3.05, 3.63) is 12.2 Å².